The molecule has 0 radical (unpaired) electrons. The molecule has 0 bridgehead atoms. The van der Waals surface area contributed by atoms with Crippen LogP contribution in [0.2, 0.25) is 0 Å². The van der Waals surface area contributed by atoms with Gasteiger partial charge in [0, 0.05) is 0 Å². The summed E-state index contributed by atoms with van der Waals surface area (Å²) in [5, 5.41) is 4.87. The second-order valence-corrected chi connectivity index (χ2v) is 4.76. The summed E-state index contributed by atoms with van der Waals surface area (Å²) in [4.78, 5) is 11.1. The number of rotatable bonds is 5. The minimum Gasteiger partial charge on any atom is -0.497 e. The molecule has 1 atom stereocenters. The highest BCUT2D eigenvalue weighted by molar-refractivity contribution is 5.58. The molecule has 0 saturated heterocycles. The predicted octanol–water partition coefficient (Wildman–Crippen LogP) is 3.69. The van der Waals surface area contributed by atoms with E-state index in [0.717, 1.165) is 49.1 Å². The van der Waals surface area contributed by atoms with Crippen molar-refractivity contribution in [1.29, 1.82) is 0 Å². The van der Waals surface area contributed by atoms with Crippen molar-refractivity contribution in [3.63, 3.8) is 0 Å². The van der Waals surface area contributed by atoms with Crippen LogP contribution in [-0.4, -0.2) is 13.2 Å². The lowest BCUT2D eigenvalue weighted by Gasteiger charge is -2.32. The average molecular weight is 248 g/mol. The molecule has 0 fully saturated rings. The SMILES string of the molecule is CCCCC1CCc2cc(OC)ccc2N1N=O. The van der Waals surface area contributed by atoms with E-state index in [9.17, 15) is 4.91 Å². The van der Waals surface area contributed by atoms with E-state index in [-0.39, 0.29) is 6.04 Å². The monoisotopic (exact) mass is 248 g/mol. The van der Waals surface area contributed by atoms with Crippen molar-refractivity contribution in [1.82, 2.24) is 0 Å². The number of unbranched alkanes of at least 4 members (excludes halogenated alkanes) is 1. The molecule has 0 spiro atoms. The third-order valence-electron chi connectivity index (χ3n) is 3.61. The maximum Gasteiger partial charge on any atom is 0.119 e. The fraction of sp³-hybridized carbons (Fsp3) is 0.571. The number of ether oxygens (including phenoxy) is 1. The Morgan fingerprint density at radius 3 is 3.00 bits per heavy atom. The number of methoxy groups -OCH3 is 1. The maximum atomic E-state index is 11.1. The van der Waals surface area contributed by atoms with Crippen molar-refractivity contribution in [2.75, 3.05) is 12.1 Å². The number of hydrogen-bond acceptors (Lipinski definition) is 3. The smallest absolute Gasteiger partial charge is 0.119 e. The molecule has 1 heterocycles. The number of hydrogen-bond donors (Lipinski definition) is 0. The van der Waals surface area contributed by atoms with Gasteiger partial charge in [-0.1, -0.05) is 19.8 Å². The maximum absolute atomic E-state index is 11.1. The Bertz CT molecular complexity index is 420. The molecule has 0 N–H and O–H groups in total. The molecule has 4 heteroatoms. The van der Waals surface area contributed by atoms with E-state index >= 15 is 0 Å². The van der Waals surface area contributed by atoms with Crippen LogP contribution >= 0.6 is 0 Å². The fourth-order valence-electron chi connectivity index (χ4n) is 2.57. The molecule has 1 aromatic carbocycles. The zero-order valence-electron chi connectivity index (χ0n) is 11.1. The molecule has 4 nitrogen and oxygen atoms in total. The lowest BCUT2D eigenvalue weighted by atomic mass is 9.94. The van der Waals surface area contributed by atoms with Crippen LogP contribution in [-0.2, 0) is 6.42 Å². The van der Waals surface area contributed by atoms with Gasteiger partial charge < -0.3 is 4.74 Å². The van der Waals surface area contributed by atoms with Crippen LogP contribution in [0.4, 0.5) is 5.69 Å². The normalized spacial score (nSPS) is 18.3. The summed E-state index contributed by atoms with van der Waals surface area (Å²) in [7, 11) is 1.66. The van der Waals surface area contributed by atoms with Gasteiger partial charge in [-0.25, -0.2) is 5.01 Å². The van der Waals surface area contributed by atoms with Crippen LogP contribution in [0.5, 0.6) is 5.75 Å². The van der Waals surface area contributed by atoms with Crippen LogP contribution in [0.25, 0.3) is 0 Å². The van der Waals surface area contributed by atoms with Gasteiger partial charge in [0.25, 0.3) is 0 Å². The highest BCUT2D eigenvalue weighted by Gasteiger charge is 2.27. The molecule has 98 valence electrons. The molecule has 1 aliphatic rings. The third kappa shape index (κ3) is 2.47. The van der Waals surface area contributed by atoms with Crippen molar-refractivity contribution in [2.45, 2.75) is 45.1 Å². The Kier molecular flexibility index (Phi) is 4.18. The Hall–Kier alpha value is -1.58. The molecule has 1 unspecified atom stereocenters. The van der Waals surface area contributed by atoms with Gasteiger partial charge in [-0.05, 0) is 43.0 Å². The van der Waals surface area contributed by atoms with Gasteiger partial charge in [-0.3, -0.25) is 0 Å². The topological polar surface area (TPSA) is 41.9 Å². The minimum absolute atomic E-state index is 0.253. The predicted molar refractivity (Wildman–Crippen MR) is 72.9 cm³/mol. The highest BCUT2D eigenvalue weighted by atomic mass is 16.5. The summed E-state index contributed by atoms with van der Waals surface area (Å²) in [5.41, 5.74) is 2.10. The Labute approximate surface area is 108 Å². The van der Waals surface area contributed by atoms with Crippen molar-refractivity contribution < 1.29 is 4.74 Å². The van der Waals surface area contributed by atoms with E-state index in [1.54, 1.807) is 12.1 Å². The molecule has 0 saturated carbocycles. The summed E-state index contributed by atoms with van der Waals surface area (Å²) in [5.74, 6) is 0.839. The minimum atomic E-state index is 0.253. The highest BCUT2D eigenvalue weighted by Crippen LogP contribution is 2.35. The Morgan fingerprint density at radius 2 is 2.33 bits per heavy atom. The lowest BCUT2D eigenvalue weighted by Crippen LogP contribution is -2.34. The third-order valence-corrected chi connectivity index (χ3v) is 3.61. The largest absolute Gasteiger partial charge is 0.497 e. The van der Waals surface area contributed by atoms with Crippen molar-refractivity contribution in [3.05, 3.63) is 28.7 Å². The number of nitroso groups, excluding NO2 is 1. The molecule has 1 aromatic rings. The molecule has 18 heavy (non-hydrogen) atoms. The van der Waals surface area contributed by atoms with E-state index in [1.807, 2.05) is 18.2 Å². The molecular formula is C14H20N2O2. The lowest BCUT2D eigenvalue weighted by molar-refractivity contribution is 0.413. The first kappa shape index (κ1) is 12.9. The molecule has 0 aliphatic carbocycles. The van der Waals surface area contributed by atoms with Gasteiger partial charge in [0.1, 0.15) is 5.75 Å². The van der Waals surface area contributed by atoms with Gasteiger partial charge in [-0.2, -0.15) is 0 Å². The Morgan fingerprint density at radius 1 is 1.50 bits per heavy atom. The van der Waals surface area contributed by atoms with E-state index in [1.165, 1.54) is 0 Å². The van der Waals surface area contributed by atoms with E-state index in [4.69, 9.17) is 4.74 Å². The standard InChI is InChI=1S/C14H20N2O2/c1-3-4-5-12-7-6-11-10-13(18-2)8-9-14(11)16(12)15-17/h8-10,12H,3-7H2,1-2H3. The summed E-state index contributed by atoms with van der Waals surface area (Å²) in [6, 6.07) is 6.08. The van der Waals surface area contributed by atoms with Crippen molar-refractivity contribution >= 4 is 5.69 Å². The summed E-state index contributed by atoms with van der Waals surface area (Å²) < 4.78 is 5.21. The second-order valence-electron chi connectivity index (χ2n) is 4.76. The van der Waals surface area contributed by atoms with E-state index in [0.29, 0.717) is 0 Å². The quantitative estimate of drug-likeness (QED) is 0.746. The summed E-state index contributed by atoms with van der Waals surface area (Å²) in [6.45, 7) is 2.17. The van der Waals surface area contributed by atoms with Gasteiger partial charge in [0.2, 0.25) is 0 Å². The first-order valence-electron chi connectivity index (χ1n) is 6.59. The number of anilines is 1. The van der Waals surface area contributed by atoms with Crippen LogP contribution in [0.1, 0.15) is 38.2 Å². The van der Waals surface area contributed by atoms with Gasteiger partial charge >= 0.3 is 0 Å². The number of aryl methyl sites for hydroxylation is 1. The van der Waals surface area contributed by atoms with E-state index < -0.39 is 0 Å². The summed E-state index contributed by atoms with van der Waals surface area (Å²) >= 11 is 0. The van der Waals surface area contributed by atoms with Crippen LogP contribution in [0.3, 0.4) is 0 Å². The van der Waals surface area contributed by atoms with Crippen LogP contribution in [0, 0.1) is 4.91 Å². The number of nitrogens with zero attached hydrogens (tertiary/aromatic N) is 2. The first-order chi connectivity index (χ1) is 8.80. The molecular weight excluding hydrogens is 228 g/mol. The molecule has 0 aromatic heterocycles. The van der Waals surface area contributed by atoms with Crippen molar-refractivity contribution in [2.24, 2.45) is 5.29 Å². The van der Waals surface area contributed by atoms with Gasteiger partial charge in [0.15, 0.2) is 0 Å². The van der Waals surface area contributed by atoms with Gasteiger partial charge in [-0.15, -0.1) is 4.91 Å². The number of benzene rings is 1. The summed E-state index contributed by atoms with van der Waals surface area (Å²) in [6.07, 6.45) is 5.31. The van der Waals surface area contributed by atoms with Crippen LogP contribution < -0.4 is 9.75 Å². The average Bonchev–Trinajstić information content (AvgIpc) is 2.43. The molecule has 2 rings (SSSR count). The zero-order valence-corrected chi connectivity index (χ0v) is 11.1. The van der Waals surface area contributed by atoms with Crippen molar-refractivity contribution in [3.8, 4) is 5.75 Å². The Balaban J connectivity index is 2.23. The van der Waals surface area contributed by atoms with Crippen LogP contribution in [0.15, 0.2) is 23.5 Å². The molecule has 1 aliphatic heterocycles. The van der Waals surface area contributed by atoms with E-state index in [2.05, 4.69) is 12.2 Å². The number of fused-ring (bicyclic) bond motifs is 1. The first-order valence-corrected chi connectivity index (χ1v) is 6.59. The second kappa shape index (κ2) is 5.85. The zero-order chi connectivity index (χ0) is 13.0. The van der Waals surface area contributed by atoms with Gasteiger partial charge in [0.05, 0.1) is 24.1 Å². The fourth-order valence-corrected chi connectivity index (χ4v) is 2.57. The molecule has 0 amide bonds.